The van der Waals surface area contributed by atoms with E-state index in [0.717, 1.165) is 42.0 Å². The quantitative estimate of drug-likeness (QED) is 0.572. The Bertz CT molecular complexity index is 976. The maximum atomic E-state index is 13.7. The molecule has 2 heterocycles. The Morgan fingerprint density at radius 2 is 2.00 bits per heavy atom. The van der Waals surface area contributed by atoms with Gasteiger partial charge in [0.25, 0.3) is 0 Å². The lowest BCUT2D eigenvalue weighted by Gasteiger charge is -2.34. The van der Waals surface area contributed by atoms with E-state index >= 15 is 0 Å². The number of benzene rings is 2. The summed E-state index contributed by atoms with van der Waals surface area (Å²) in [6.07, 6.45) is 3.45. The summed E-state index contributed by atoms with van der Waals surface area (Å²) in [7, 11) is 1.63. The summed E-state index contributed by atoms with van der Waals surface area (Å²) in [5.74, 6) is -0.912. The van der Waals surface area contributed by atoms with Crippen LogP contribution in [0.4, 0.5) is 8.78 Å². The highest BCUT2D eigenvalue weighted by molar-refractivity contribution is 5.85. The molecule has 11 heteroatoms. The van der Waals surface area contributed by atoms with Crippen molar-refractivity contribution >= 4 is 24.8 Å². The Labute approximate surface area is 191 Å². The van der Waals surface area contributed by atoms with Crippen molar-refractivity contribution in [3.05, 3.63) is 65.5 Å². The molecule has 2 atom stereocenters. The number of nitrogens with one attached hydrogen (secondary N) is 2. The average molecular weight is 473 g/mol. The van der Waals surface area contributed by atoms with Gasteiger partial charge in [0.15, 0.2) is 11.6 Å². The van der Waals surface area contributed by atoms with Crippen molar-refractivity contribution < 1.29 is 13.5 Å². The van der Waals surface area contributed by atoms with E-state index in [4.69, 9.17) is 4.74 Å². The Balaban J connectivity index is 0.00000171. The van der Waals surface area contributed by atoms with Gasteiger partial charge in [-0.1, -0.05) is 6.07 Å². The number of rotatable bonds is 6. The summed E-state index contributed by atoms with van der Waals surface area (Å²) in [5.41, 5.74) is 2.51. The largest absolute Gasteiger partial charge is 0.496 e. The van der Waals surface area contributed by atoms with Gasteiger partial charge in [-0.3, -0.25) is 0 Å². The van der Waals surface area contributed by atoms with Crippen molar-refractivity contribution in [2.24, 2.45) is 0 Å². The summed E-state index contributed by atoms with van der Waals surface area (Å²) < 4.78 is 34.1. The van der Waals surface area contributed by atoms with E-state index in [9.17, 15) is 8.78 Å². The number of hydrogen-bond acceptors (Lipinski definition) is 6. The molecular weight excluding hydrogens is 449 g/mol. The summed E-state index contributed by atoms with van der Waals surface area (Å²) in [5, 5.41) is 18.2. The summed E-state index contributed by atoms with van der Waals surface area (Å²) in [6, 6.07) is 9.76. The second-order valence-electron chi connectivity index (χ2n) is 6.99. The van der Waals surface area contributed by atoms with E-state index in [2.05, 4.69) is 26.2 Å². The maximum absolute atomic E-state index is 13.7. The van der Waals surface area contributed by atoms with Crippen LogP contribution < -0.4 is 15.4 Å². The van der Waals surface area contributed by atoms with Crippen LogP contribution in [0.2, 0.25) is 0 Å². The van der Waals surface area contributed by atoms with E-state index in [1.54, 1.807) is 17.9 Å². The summed E-state index contributed by atoms with van der Waals surface area (Å²) in [4.78, 5) is 0. The number of nitrogens with zero attached hydrogens (tertiary/aromatic N) is 4. The lowest BCUT2D eigenvalue weighted by atomic mass is 9.92. The van der Waals surface area contributed by atoms with Crippen molar-refractivity contribution in [2.75, 3.05) is 13.7 Å². The molecular formula is C20H24Cl2F2N6O. The first-order valence-electron chi connectivity index (χ1n) is 9.47. The number of halogens is 4. The van der Waals surface area contributed by atoms with Crippen LogP contribution >= 0.6 is 24.8 Å². The minimum absolute atomic E-state index is 0. The Morgan fingerprint density at radius 3 is 2.71 bits per heavy atom. The Morgan fingerprint density at radius 1 is 1.16 bits per heavy atom. The minimum Gasteiger partial charge on any atom is -0.496 e. The molecule has 0 spiro atoms. The van der Waals surface area contributed by atoms with Crippen molar-refractivity contribution in [3.63, 3.8) is 0 Å². The second-order valence-corrected chi connectivity index (χ2v) is 6.99. The van der Waals surface area contributed by atoms with Gasteiger partial charge in [-0.25, -0.2) is 13.5 Å². The molecule has 168 valence electrons. The number of aromatic nitrogens is 4. The molecule has 0 unspecified atom stereocenters. The van der Waals surface area contributed by atoms with Crippen LogP contribution in [-0.4, -0.2) is 39.9 Å². The topological polar surface area (TPSA) is 76.9 Å². The molecule has 1 saturated heterocycles. The Hall–Kier alpha value is -2.33. The van der Waals surface area contributed by atoms with Gasteiger partial charge in [0.2, 0.25) is 0 Å². The van der Waals surface area contributed by atoms with Gasteiger partial charge in [-0.2, -0.15) is 0 Å². The molecule has 1 aliphatic heterocycles. The second kappa shape index (κ2) is 11.3. The van der Waals surface area contributed by atoms with Crippen molar-refractivity contribution in [2.45, 2.75) is 31.5 Å². The van der Waals surface area contributed by atoms with Gasteiger partial charge in [0, 0.05) is 24.2 Å². The molecule has 2 N–H and O–H groups in total. The van der Waals surface area contributed by atoms with Gasteiger partial charge in [-0.05, 0) is 65.7 Å². The zero-order chi connectivity index (χ0) is 20.2. The third kappa shape index (κ3) is 5.68. The first-order chi connectivity index (χ1) is 14.2. The predicted octanol–water partition coefficient (Wildman–Crippen LogP) is 3.38. The van der Waals surface area contributed by atoms with Crippen LogP contribution in [0.5, 0.6) is 5.75 Å². The maximum Gasteiger partial charge on any atom is 0.159 e. The van der Waals surface area contributed by atoms with Crippen LogP contribution in [-0.2, 0) is 6.54 Å². The fourth-order valence-corrected chi connectivity index (χ4v) is 3.73. The van der Waals surface area contributed by atoms with E-state index in [-0.39, 0.29) is 36.9 Å². The minimum atomic E-state index is -0.835. The zero-order valence-corrected chi connectivity index (χ0v) is 18.4. The number of piperidine rings is 1. The number of tetrazole rings is 1. The van der Waals surface area contributed by atoms with E-state index < -0.39 is 11.6 Å². The zero-order valence-electron chi connectivity index (χ0n) is 16.8. The molecule has 1 fully saturated rings. The highest BCUT2D eigenvalue weighted by Gasteiger charge is 2.26. The molecule has 0 aliphatic carbocycles. The molecule has 0 amide bonds. The van der Waals surface area contributed by atoms with Crippen molar-refractivity contribution in [3.8, 4) is 11.4 Å². The molecule has 0 bridgehead atoms. The van der Waals surface area contributed by atoms with Crippen LogP contribution in [0.1, 0.15) is 30.0 Å². The number of methoxy groups -OCH3 is 1. The van der Waals surface area contributed by atoms with E-state index in [1.165, 1.54) is 18.5 Å². The molecule has 0 radical (unpaired) electrons. The Kier molecular flexibility index (Phi) is 9.12. The number of hydrogen-bond donors (Lipinski definition) is 2. The predicted molar refractivity (Wildman–Crippen MR) is 117 cm³/mol. The SMILES string of the molecule is COc1ccc(-n2cnnn2)cc1CN[C@H]1CCCN[C@H]1c1ccc(F)c(F)c1.Cl.Cl. The van der Waals surface area contributed by atoms with Crippen LogP contribution in [0, 0.1) is 11.6 Å². The standard InChI is InChI=1S/C20H22F2N6O.2ClH/c1-29-19-7-5-15(28-12-25-26-27-28)9-14(19)11-24-18-3-2-8-23-20(18)13-4-6-16(21)17(22)10-13;;/h4-7,9-10,12,18,20,23-24H,2-3,8,11H2,1H3;2*1H/t18-,20-;;/m0../s1. The van der Waals surface area contributed by atoms with Gasteiger partial charge >= 0.3 is 0 Å². The van der Waals surface area contributed by atoms with Gasteiger partial charge < -0.3 is 15.4 Å². The average Bonchev–Trinajstić information content (AvgIpc) is 3.29. The summed E-state index contributed by atoms with van der Waals surface area (Å²) >= 11 is 0. The highest BCUT2D eigenvalue weighted by atomic mass is 35.5. The summed E-state index contributed by atoms with van der Waals surface area (Å²) in [6.45, 7) is 1.38. The molecule has 1 aliphatic rings. The van der Waals surface area contributed by atoms with E-state index in [1.807, 2.05) is 18.2 Å². The molecule has 1 aromatic heterocycles. The number of ether oxygens (including phenoxy) is 1. The van der Waals surface area contributed by atoms with Gasteiger partial charge in [-0.15, -0.1) is 29.9 Å². The van der Waals surface area contributed by atoms with Gasteiger partial charge in [0.1, 0.15) is 12.1 Å². The third-order valence-electron chi connectivity index (χ3n) is 5.19. The van der Waals surface area contributed by atoms with Crippen molar-refractivity contribution in [1.82, 2.24) is 30.8 Å². The fourth-order valence-electron chi connectivity index (χ4n) is 3.73. The molecule has 2 aromatic carbocycles. The first-order valence-corrected chi connectivity index (χ1v) is 9.47. The molecule has 31 heavy (non-hydrogen) atoms. The highest BCUT2D eigenvalue weighted by Crippen LogP contribution is 2.27. The molecule has 4 rings (SSSR count). The smallest absolute Gasteiger partial charge is 0.159 e. The fraction of sp³-hybridized carbons (Fsp3) is 0.350. The molecule has 3 aromatic rings. The lowest BCUT2D eigenvalue weighted by Crippen LogP contribution is -2.45. The van der Waals surface area contributed by atoms with Crippen molar-refractivity contribution in [1.29, 1.82) is 0 Å². The normalized spacial score (nSPS) is 18.0. The first kappa shape index (κ1) is 24.9. The third-order valence-corrected chi connectivity index (χ3v) is 5.19. The lowest BCUT2D eigenvalue weighted by molar-refractivity contribution is 0.302. The van der Waals surface area contributed by atoms with Crippen LogP contribution in [0.15, 0.2) is 42.7 Å². The molecule has 0 saturated carbocycles. The van der Waals surface area contributed by atoms with E-state index in [0.29, 0.717) is 6.54 Å². The van der Waals surface area contributed by atoms with Gasteiger partial charge in [0.05, 0.1) is 12.8 Å². The monoisotopic (exact) mass is 472 g/mol. The molecule has 7 nitrogen and oxygen atoms in total. The van der Waals surface area contributed by atoms with Crippen LogP contribution in [0.3, 0.4) is 0 Å². The van der Waals surface area contributed by atoms with Crippen LogP contribution in [0.25, 0.3) is 5.69 Å².